The number of anilines is 1. The molecule has 38 heavy (non-hydrogen) atoms. The fourth-order valence-electron chi connectivity index (χ4n) is 3.55. The molecule has 2 aromatic carbocycles. The van der Waals surface area contributed by atoms with E-state index in [0.29, 0.717) is 49.6 Å². The number of carbonyl (C=O) groups is 1. The highest BCUT2D eigenvalue weighted by atomic mass is 32.1. The van der Waals surface area contributed by atoms with Gasteiger partial charge in [-0.05, 0) is 35.9 Å². The van der Waals surface area contributed by atoms with Crippen molar-refractivity contribution < 1.29 is 18.7 Å². The van der Waals surface area contributed by atoms with Gasteiger partial charge in [0.05, 0.1) is 23.9 Å². The smallest absolute Gasteiger partial charge is 0.345 e. The molecule has 0 saturated heterocycles. The van der Waals surface area contributed by atoms with Crippen LogP contribution >= 0.6 is 22.7 Å². The summed E-state index contributed by atoms with van der Waals surface area (Å²) in [6, 6.07) is 16.2. The number of allylic oxidation sites excluding steroid dienone is 1. The van der Waals surface area contributed by atoms with Gasteiger partial charge < -0.3 is 13.9 Å². The molecule has 5 aromatic rings. The van der Waals surface area contributed by atoms with Gasteiger partial charge in [0.15, 0.2) is 23.2 Å². The Morgan fingerprint density at radius 2 is 2.05 bits per heavy atom. The van der Waals surface area contributed by atoms with E-state index in [0.717, 1.165) is 5.39 Å². The minimum absolute atomic E-state index is 0.223. The van der Waals surface area contributed by atoms with Crippen LogP contribution in [0.15, 0.2) is 74.7 Å². The largest absolute Gasteiger partial charge is 0.493 e. The summed E-state index contributed by atoms with van der Waals surface area (Å²) in [5.41, 5.74) is 1.73. The van der Waals surface area contributed by atoms with Gasteiger partial charge in [0, 0.05) is 22.3 Å². The zero-order valence-corrected chi connectivity index (χ0v) is 21.5. The number of benzene rings is 2. The van der Waals surface area contributed by atoms with Crippen LogP contribution in [0.25, 0.3) is 33.9 Å². The van der Waals surface area contributed by atoms with Crippen LogP contribution in [-0.4, -0.2) is 29.6 Å². The Kier molecular flexibility index (Phi) is 7.26. The lowest BCUT2D eigenvalue weighted by atomic mass is 10.1. The Morgan fingerprint density at radius 1 is 1.18 bits per heavy atom. The van der Waals surface area contributed by atoms with E-state index in [1.807, 2.05) is 12.1 Å². The summed E-state index contributed by atoms with van der Waals surface area (Å²) in [6.07, 6.45) is 3.26. The number of thiazole rings is 2. The predicted molar refractivity (Wildman–Crippen MR) is 146 cm³/mol. The number of ether oxygens (including phenoxy) is 2. The van der Waals surface area contributed by atoms with Crippen LogP contribution in [0.1, 0.15) is 10.6 Å². The van der Waals surface area contributed by atoms with Gasteiger partial charge >= 0.3 is 5.63 Å². The first-order valence-corrected chi connectivity index (χ1v) is 12.9. The number of amides is 1. The first-order valence-electron chi connectivity index (χ1n) is 11.1. The van der Waals surface area contributed by atoms with Gasteiger partial charge in [0.1, 0.15) is 16.7 Å². The molecule has 0 fully saturated rings. The molecule has 0 spiro atoms. The number of nitriles is 1. The molecule has 3 aromatic heterocycles. The number of aromatic nitrogens is 2. The van der Waals surface area contributed by atoms with E-state index in [1.165, 1.54) is 29.8 Å². The van der Waals surface area contributed by atoms with Gasteiger partial charge in [-0.25, -0.2) is 14.8 Å². The number of fused-ring (bicyclic) bond motifs is 1. The van der Waals surface area contributed by atoms with Crippen molar-refractivity contribution in [2.45, 2.75) is 0 Å². The minimum Gasteiger partial charge on any atom is -0.493 e. The Labute approximate surface area is 224 Å². The second-order valence-corrected chi connectivity index (χ2v) is 9.53. The molecule has 0 radical (unpaired) electrons. The van der Waals surface area contributed by atoms with Crippen LogP contribution < -0.4 is 20.4 Å². The lowest BCUT2D eigenvalue weighted by Crippen LogP contribution is -2.20. The maximum Gasteiger partial charge on any atom is 0.345 e. The number of rotatable bonds is 8. The first kappa shape index (κ1) is 24.9. The summed E-state index contributed by atoms with van der Waals surface area (Å²) in [6.45, 7) is -0.223. The highest BCUT2D eigenvalue weighted by Gasteiger charge is 2.15. The van der Waals surface area contributed by atoms with E-state index in [4.69, 9.17) is 13.9 Å². The van der Waals surface area contributed by atoms with E-state index >= 15 is 0 Å². The summed E-state index contributed by atoms with van der Waals surface area (Å²) in [4.78, 5) is 33.1. The zero-order chi connectivity index (χ0) is 26.5. The third kappa shape index (κ3) is 5.46. The fraction of sp³-hybridized carbons (Fsp3) is 0.0741. The highest BCUT2D eigenvalue weighted by Crippen LogP contribution is 2.31. The van der Waals surface area contributed by atoms with E-state index in [9.17, 15) is 14.9 Å². The fourth-order valence-corrected chi connectivity index (χ4v) is 4.88. The van der Waals surface area contributed by atoms with Crippen LogP contribution in [0.2, 0.25) is 0 Å². The zero-order valence-electron chi connectivity index (χ0n) is 19.8. The van der Waals surface area contributed by atoms with E-state index in [-0.39, 0.29) is 12.5 Å². The summed E-state index contributed by atoms with van der Waals surface area (Å²) < 4.78 is 16.4. The molecule has 0 aliphatic heterocycles. The molecule has 0 aliphatic rings. The number of hydrogen-bond acceptors (Lipinski definition) is 10. The minimum atomic E-state index is -0.497. The molecule has 0 bridgehead atoms. The van der Waals surface area contributed by atoms with Crippen LogP contribution in [0.5, 0.6) is 11.5 Å². The maximum atomic E-state index is 12.5. The van der Waals surface area contributed by atoms with Crippen molar-refractivity contribution in [2.75, 3.05) is 19.0 Å². The van der Waals surface area contributed by atoms with Crippen LogP contribution in [-0.2, 0) is 4.79 Å². The lowest BCUT2D eigenvalue weighted by molar-refractivity contribution is -0.118. The molecule has 0 saturated carbocycles. The molecular formula is C27H18N4O5S2. The molecule has 9 nitrogen and oxygen atoms in total. The summed E-state index contributed by atoms with van der Waals surface area (Å²) in [7, 11) is 1.48. The molecule has 1 amide bonds. The first-order chi connectivity index (χ1) is 18.5. The van der Waals surface area contributed by atoms with E-state index in [1.54, 1.807) is 59.4 Å². The Morgan fingerprint density at radius 3 is 2.84 bits per heavy atom. The summed E-state index contributed by atoms with van der Waals surface area (Å²) >= 11 is 2.56. The number of hydrogen-bond donors (Lipinski definition) is 1. The normalized spacial score (nSPS) is 11.2. The molecule has 0 aliphatic carbocycles. The van der Waals surface area contributed by atoms with Gasteiger partial charge in [-0.3, -0.25) is 10.1 Å². The van der Waals surface area contributed by atoms with Crippen LogP contribution in [0.3, 0.4) is 0 Å². The molecule has 188 valence electrons. The van der Waals surface area contributed by atoms with Crippen molar-refractivity contribution >= 4 is 56.3 Å². The summed E-state index contributed by atoms with van der Waals surface area (Å²) in [5.74, 6) is 0.418. The molecule has 5 rings (SSSR count). The second kappa shape index (κ2) is 11.1. The number of carbonyl (C=O) groups excluding carboxylic acids is 1. The van der Waals surface area contributed by atoms with Crippen molar-refractivity contribution in [2.24, 2.45) is 0 Å². The Hall–Kier alpha value is -4.79. The van der Waals surface area contributed by atoms with Crippen LogP contribution in [0, 0.1) is 11.3 Å². The number of para-hydroxylation sites is 1. The van der Waals surface area contributed by atoms with Gasteiger partial charge in [-0.15, -0.1) is 22.7 Å². The van der Waals surface area contributed by atoms with E-state index < -0.39 is 5.63 Å². The highest BCUT2D eigenvalue weighted by molar-refractivity contribution is 7.13. The molecular weight excluding hydrogens is 524 g/mol. The van der Waals surface area contributed by atoms with Crippen molar-refractivity contribution in [3.8, 4) is 28.8 Å². The van der Waals surface area contributed by atoms with Gasteiger partial charge in [0.25, 0.3) is 5.91 Å². The average Bonchev–Trinajstić information content (AvgIpc) is 3.63. The molecule has 3 heterocycles. The maximum absolute atomic E-state index is 12.5. The molecule has 0 unspecified atom stereocenters. The van der Waals surface area contributed by atoms with Crippen molar-refractivity contribution in [1.82, 2.24) is 9.97 Å². The third-order valence-corrected chi connectivity index (χ3v) is 6.87. The molecule has 0 atom stereocenters. The monoisotopic (exact) mass is 542 g/mol. The van der Waals surface area contributed by atoms with Crippen molar-refractivity contribution in [3.05, 3.63) is 86.5 Å². The molecule has 11 heteroatoms. The quantitative estimate of drug-likeness (QED) is 0.202. The predicted octanol–water partition coefficient (Wildman–Crippen LogP) is 5.46. The lowest BCUT2D eigenvalue weighted by Gasteiger charge is -2.11. The van der Waals surface area contributed by atoms with Crippen molar-refractivity contribution in [3.63, 3.8) is 0 Å². The van der Waals surface area contributed by atoms with Crippen molar-refractivity contribution in [1.29, 1.82) is 5.26 Å². The standard InChI is InChI=1S/C27H18N4O5S2/c1-34-23-11-16(6-7-22(23)35-14-24(32)31-27-29-8-9-37-27)10-18(13-28)25-30-20(15-38-25)19-12-17-4-2-3-5-21(17)36-26(19)33/h2-12,15H,14H2,1H3,(H,29,31,32)/b18-10+. The van der Waals surface area contributed by atoms with Gasteiger partial charge in [-0.2, -0.15) is 5.26 Å². The average molecular weight is 543 g/mol. The van der Waals surface area contributed by atoms with Crippen LogP contribution in [0.4, 0.5) is 5.13 Å². The SMILES string of the molecule is COc1cc(/C=C(\C#N)c2nc(-c3cc4ccccc4oc3=O)cs2)ccc1OCC(=O)Nc1nccs1. The third-order valence-electron chi connectivity index (χ3n) is 5.31. The Bertz CT molecular complexity index is 1750. The Balaban J connectivity index is 1.35. The molecule has 1 N–H and O–H groups in total. The number of methoxy groups -OCH3 is 1. The van der Waals surface area contributed by atoms with Gasteiger partial charge in [0.2, 0.25) is 0 Å². The summed E-state index contributed by atoms with van der Waals surface area (Å²) in [5, 5.41) is 17.7. The second-order valence-electron chi connectivity index (χ2n) is 7.78. The number of nitrogens with zero attached hydrogens (tertiary/aromatic N) is 3. The topological polar surface area (TPSA) is 127 Å². The van der Waals surface area contributed by atoms with E-state index in [2.05, 4.69) is 21.4 Å². The number of nitrogens with one attached hydrogen (secondary N) is 1. The van der Waals surface area contributed by atoms with Gasteiger partial charge in [-0.1, -0.05) is 24.3 Å².